The third kappa shape index (κ3) is 4.71. The van der Waals surface area contributed by atoms with Crippen molar-refractivity contribution in [3.63, 3.8) is 0 Å². The molecule has 22 heavy (non-hydrogen) atoms. The van der Waals surface area contributed by atoms with Crippen molar-refractivity contribution in [3.05, 3.63) is 64.1 Å². The maximum Gasteiger partial charge on any atom is 0.246 e. The molecule has 0 heterocycles. The number of amides is 1. The van der Waals surface area contributed by atoms with E-state index in [1.807, 2.05) is 30.3 Å². The maximum absolute atomic E-state index is 12.5. The van der Waals surface area contributed by atoms with Crippen molar-refractivity contribution in [2.45, 2.75) is 6.04 Å². The van der Waals surface area contributed by atoms with Crippen molar-refractivity contribution in [1.29, 1.82) is 0 Å². The first kappa shape index (κ1) is 16.8. The summed E-state index contributed by atoms with van der Waals surface area (Å²) in [5.74, 6) is -0.252. The van der Waals surface area contributed by atoms with Crippen molar-refractivity contribution in [3.8, 4) is 0 Å². The summed E-state index contributed by atoms with van der Waals surface area (Å²) in [5, 5.41) is 15.7. The van der Waals surface area contributed by atoms with Gasteiger partial charge in [0.2, 0.25) is 5.91 Å². The van der Waals surface area contributed by atoms with Gasteiger partial charge in [0, 0.05) is 22.3 Å². The molecule has 1 unspecified atom stereocenters. The number of nitrogens with one attached hydrogen (secondary N) is 2. The predicted molar refractivity (Wildman–Crippen MR) is 89.4 cm³/mol. The zero-order valence-electron chi connectivity index (χ0n) is 11.7. The van der Waals surface area contributed by atoms with Crippen LogP contribution in [0.5, 0.6) is 0 Å². The second-order valence-corrected chi connectivity index (χ2v) is 5.54. The molecule has 0 aliphatic rings. The Hall–Kier alpha value is -1.59. The molecule has 0 bridgehead atoms. The molecule has 0 aliphatic heterocycles. The van der Waals surface area contributed by atoms with Crippen LogP contribution in [0.1, 0.15) is 11.6 Å². The molecular weight excluding hydrogens is 323 g/mol. The summed E-state index contributed by atoms with van der Waals surface area (Å²) in [5.41, 5.74) is 1.33. The van der Waals surface area contributed by atoms with Crippen LogP contribution in [0.3, 0.4) is 0 Å². The highest BCUT2D eigenvalue weighted by Gasteiger charge is 2.20. The minimum atomic E-state index is -0.578. The lowest BCUT2D eigenvalue weighted by Crippen LogP contribution is -2.34. The number of hydrogen-bond donors (Lipinski definition) is 3. The third-order valence-corrected chi connectivity index (χ3v) is 3.42. The molecular formula is C16H16Cl2N2O2. The monoisotopic (exact) mass is 338 g/mol. The summed E-state index contributed by atoms with van der Waals surface area (Å²) in [4.78, 5) is 12.5. The Kier molecular flexibility index (Phi) is 6.21. The van der Waals surface area contributed by atoms with Crippen molar-refractivity contribution >= 4 is 34.8 Å². The Morgan fingerprint density at radius 2 is 1.73 bits per heavy atom. The Morgan fingerprint density at radius 1 is 1.09 bits per heavy atom. The van der Waals surface area contributed by atoms with Crippen molar-refractivity contribution in [2.24, 2.45) is 0 Å². The Balaban J connectivity index is 2.18. The molecule has 0 spiro atoms. The smallest absolute Gasteiger partial charge is 0.246 e. The van der Waals surface area contributed by atoms with E-state index < -0.39 is 6.04 Å². The Bertz CT molecular complexity index is 615. The summed E-state index contributed by atoms with van der Waals surface area (Å²) in [6.07, 6.45) is 0. The molecule has 1 amide bonds. The summed E-state index contributed by atoms with van der Waals surface area (Å²) in [7, 11) is 0. The van der Waals surface area contributed by atoms with Gasteiger partial charge >= 0.3 is 0 Å². The molecule has 1 atom stereocenters. The quantitative estimate of drug-likeness (QED) is 0.757. The highest BCUT2D eigenvalue weighted by molar-refractivity contribution is 6.35. The average molecular weight is 339 g/mol. The van der Waals surface area contributed by atoms with Gasteiger partial charge in [0.25, 0.3) is 0 Å². The summed E-state index contributed by atoms with van der Waals surface area (Å²) in [6.45, 7) is 0.253. The van der Waals surface area contributed by atoms with E-state index in [0.717, 1.165) is 5.56 Å². The van der Waals surface area contributed by atoms with Crippen molar-refractivity contribution in [1.82, 2.24) is 5.32 Å². The van der Waals surface area contributed by atoms with Crippen molar-refractivity contribution in [2.75, 3.05) is 18.5 Å². The van der Waals surface area contributed by atoms with E-state index in [0.29, 0.717) is 22.3 Å². The first-order valence-corrected chi connectivity index (χ1v) is 7.52. The van der Waals surface area contributed by atoms with Gasteiger partial charge in [0.05, 0.1) is 6.61 Å². The number of benzene rings is 2. The molecule has 4 nitrogen and oxygen atoms in total. The zero-order chi connectivity index (χ0) is 15.9. The van der Waals surface area contributed by atoms with Gasteiger partial charge in [-0.2, -0.15) is 0 Å². The number of aliphatic hydroxyl groups excluding tert-OH is 1. The molecule has 0 fully saturated rings. The normalized spacial score (nSPS) is 12.0. The van der Waals surface area contributed by atoms with E-state index in [2.05, 4.69) is 10.6 Å². The molecule has 2 rings (SSSR count). The number of rotatable bonds is 6. The topological polar surface area (TPSA) is 61.4 Å². The average Bonchev–Trinajstić information content (AvgIpc) is 2.47. The lowest BCUT2D eigenvalue weighted by atomic mass is 10.1. The lowest BCUT2D eigenvalue weighted by molar-refractivity contribution is -0.118. The molecule has 0 radical (unpaired) electrons. The summed E-state index contributed by atoms with van der Waals surface area (Å²) < 4.78 is 0. The number of carbonyl (C=O) groups is 1. The third-order valence-electron chi connectivity index (χ3n) is 2.99. The van der Waals surface area contributed by atoms with Crippen LogP contribution in [0.2, 0.25) is 10.0 Å². The first-order chi connectivity index (χ1) is 10.6. The van der Waals surface area contributed by atoms with Gasteiger partial charge in [-0.05, 0) is 23.8 Å². The molecule has 0 saturated carbocycles. The standard InChI is InChI=1S/C16H16Cl2N2O2/c17-12-8-13(18)10-14(9-12)20-16(22)15(19-6-7-21)11-4-2-1-3-5-11/h1-5,8-10,15,19,21H,6-7H2,(H,20,22). The van der Waals surface area contributed by atoms with Crippen LogP contribution < -0.4 is 10.6 Å². The molecule has 3 N–H and O–H groups in total. The predicted octanol–water partition coefficient (Wildman–Crippen LogP) is 3.26. The molecule has 2 aromatic carbocycles. The summed E-state index contributed by atoms with van der Waals surface area (Å²) >= 11 is 11.9. The number of aliphatic hydroxyl groups is 1. The number of anilines is 1. The number of halogens is 2. The highest BCUT2D eigenvalue weighted by atomic mass is 35.5. The largest absolute Gasteiger partial charge is 0.395 e. The Labute approximate surface area is 139 Å². The van der Waals surface area contributed by atoms with Gasteiger partial charge in [-0.3, -0.25) is 10.1 Å². The fourth-order valence-corrected chi connectivity index (χ4v) is 2.58. The van der Waals surface area contributed by atoms with E-state index in [1.165, 1.54) is 0 Å². The second-order valence-electron chi connectivity index (χ2n) is 4.67. The minimum Gasteiger partial charge on any atom is -0.395 e. The molecule has 0 aromatic heterocycles. The summed E-state index contributed by atoms with van der Waals surface area (Å²) in [6, 6.07) is 13.5. The molecule has 2 aromatic rings. The van der Waals surface area contributed by atoms with Gasteiger partial charge in [-0.25, -0.2) is 0 Å². The van der Waals surface area contributed by atoms with Gasteiger partial charge < -0.3 is 10.4 Å². The van der Waals surface area contributed by atoms with E-state index >= 15 is 0 Å². The SMILES string of the molecule is O=C(Nc1cc(Cl)cc(Cl)c1)C(NCCO)c1ccccc1. The van der Waals surface area contributed by atoms with Gasteiger partial charge in [-0.1, -0.05) is 53.5 Å². The fourth-order valence-electron chi connectivity index (χ4n) is 2.06. The van der Waals surface area contributed by atoms with Crippen molar-refractivity contribution < 1.29 is 9.90 Å². The van der Waals surface area contributed by atoms with E-state index in [9.17, 15) is 4.79 Å². The van der Waals surface area contributed by atoms with Crippen LogP contribution in [-0.4, -0.2) is 24.2 Å². The number of carbonyl (C=O) groups excluding carboxylic acids is 1. The Morgan fingerprint density at radius 3 is 2.32 bits per heavy atom. The molecule has 116 valence electrons. The van der Waals surface area contributed by atoms with Crippen LogP contribution in [-0.2, 0) is 4.79 Å². The maximum atomic E-state index is 12.5. The van der Waals surface area contributed by atoms with Crippen LogP contribution >= 0.6 is 23.2 Å². The second kappa shape index (κ2) is 8.15. The first-order valence-electron chi connectivity index (χ1n) is 6.76. The van der Waals surface area contributed by atoms with Gasteiger partial charge in [0.15, 0.2) is 0 Å². The van der Waals surface area contributed by atoms with E-state index in [1.54, 1.807) is 18.2 Å². The lowest BCUT2D eigenvalue weighted by Gasteiger charge is -2.18. The molecule has 6 heteroatoms. The molecule has 0 saturated heterocycles. The number of hydrogen-bond acceptors (Lipinski definition) is 3. The van der Waals surface area contributed by atoms with Crippen LogP contribution in [0.25, 0.3) is 0 Å². The van der Waals surface area contributed by atoms with Crippen LogP contribution in [0.15, 0.2) is 48.5 Å². The van der Waals surface area contributed by atoms with Crippen LogP contribution in [0, 0.1) is 0 Å². The van der Waals surface area contributed by atoms with Gasteiger partial charge in [-0.15, -0.1) is 0 Å². The van der Waals surface area contributed by atoms with E-state index in [4.69, 9.17) is 28.3 Å². The van der Waals surface area contributed by atoms with Gasteiger partial charge in [0.1, 0.15) is 6.04 Å². The van der Waals surface area contributed by atoms with E-state index in [-0.39, 0.29) is 12.5 Å². The molecule has 0 aliphatic carbocycles. The zero-order valence-corrected chi connectivity index (χ0v) is 13.2. The van der Waals surface area contributed by atoms with Crippen LogP contribution in [0.4, 0.5) is 5.69 Å². The fraction of sp³-hybridized carbons (Fsp3) is 0.188. The minimum absolute atomic E-state index is 0.0559. The highest BCUT2D eigenvalue weighted by Crippen LogP contribution is 2.23.